The Morgan fingerprint density at radius 1 is 1.17 bits per heavy atom. The van der Waals surface area contributed by atoms with Crippen LogP contribution in [0.3, 0.4) is 0 Å². The van der Waals surface area contributed by atoms with Gasteiger partial charge in [-0.2, -0.15) is 0 Å². The molecule has 1 N–H and O–H groups in total. The first-order chi connectivity index (χ1) is 17.4. The smallest absolute Gasteiger partial charge is 0.223 e. The van der Waals surface area contributed by atoms with E-state index < -0.39 is 11.9 Å². The number of amides is 1. The van der Waals surface area contributed by atoms with Crippen molar-refractivity contribution in [2.45, 2.75) is 88.2 Å². The van der Waals surface area contributed by atoms with Crippen molar-refractivity contribution in [2.24, 2.45) is 11.3 Å². The Morgan fingerprint density at radius 2 is 1.92 bits per heavy atom. The first kappa shape index (κ1) is 27.3. The molecule has 4 rings (SSSR count). The fourth-order valence-corrected chi connectivity index (χ4v) is 7.65. The molecule has 4 aliphatic rings. The average molecular weight is 499 g/mol. The van der Waals surface area contributed by atoms with Gasteiger partial charge in [0.2, 0.25) is 5.91 Å². The van der Waals surface area contributed by atoms with Crippen molar-refractivity contribution in [2.75, 3.05) is 33.9 Å². The molecule has 200 valence electrons. The van der Waals surface area contributed by atoms with E-state index in [2.05, 4.69) is 30.2 Å². The van der Waals surface area contributed by atoms with Gasteiger partial charge in [-0.15, -0.1) is 13.2 Å². The summed E-state index contributed by atoms with van der Waals surface area (Å²) in [4.78, 5) is 18.5. The van der Waals surface area contributed by atoms with E-state index in [1.54, 1.807) is 14.2 Å². The van der Waals surface area contributed by atoms with Gasteiger partial charge < -0.3 is 24.4 Å². The van der Waals surface area contributed by atoms with Gasteiger partial charge in [0, 0.05) is 32.6 Å². The van der Waals surface area contributed by atoms with Crippen molar-refractivity contribution in [3.8, 4) is 0 Å². The molecule has 0 saturated carbocycles. The van der Waals surface area contributed by atoms with Crippen molar-refractivity contribution in [1.82, 2.24) is 9.80 Å². The van der Waals surface area contributed by atoms with E-state index >= 15 is 0 Å². The van der Waals surface area contributed by atoms with Crippen LogP contribution in [0.5, 0.6) is 0 Å². The molecule has 36 heavy (non-hydrogen) atoms. The van der Waals surface area contributed by atoms with Crippen LogP contribution in [0.2, 0.25) is 0 Å². The fourth-order valence-electron chi connectivity index (χ4n) is 7.65. The van der Waals surface area contributed by atoms with Crippen molar-refractivity contribution in [1.29, 1.82) is 0 Å². The van der Waals surface area contributed by atoms with E-state index in [1.165, 1.54) is 6.42 Å². The van der Waals surface area contributed by atoms with Gasteiger partial charge in [-0.3, -0.25) is 4.79 Å². The van der Waals surface area contributed by atoms with Crippen LogP contribution in [-0.2, 0) is 14.3 Å². The standard InChI is InChI=1S/C30H46N2O4/c1-5-7-17-30(34)21-24(27(35-3)36-4)25-16-19-31-18-14-12-10-8-9-11-13-15-26(33)32-23(6-2)20-29(25,22-31)28(30)32/h5-6,8-9,21,23,25,27-28,34H,1-2,7,10-20,22H2,3-4H3/b9-8-/t23-,25-,28+,29-,30-/m0/s1. The molecule has 1 aliphatic carbocycles. The Balaban J connectivity index is 1.86. The highest BCUT2D eigenvalue weighted by Crippen LogP contribution is 2.60. The summed E-state index contributed by atoms with van der Waals surface area (Å²) in [5.41, 5.74) is -0.457. The van der Waals surface area contributed by atoms with Gasteiger partial charge in [0.1, 0.15) is 5.60 Å². The molecule has 1 amide bonds. The summed E-state index contributed by atoms with van der Waals surface area (Å²) in [5, 5.41) is 12.5. The van der Waals surface area contributed by atoms with E-state index in [4.69, 9.17) is 9.47 Å². The maximum absolute atomic E-state index is 13.9. The van der Waals surface area contributed by atoms with Crippen molar-refractivity contribution >= 4 is 5.91 Å². The monoisotopic (exact) mass is 498 g/mol. The highest BCUT2D eigenvalue weighted by atomic mass is 16.7. The molecular formula is C30H46N2O4. The van der Waals surface area contributed by atoms with Crippen LogP contribution in [0, 0.1) is 11.3 Å². The molecule has 2 saturated heterocycles. The molecular weight excluding hydrogens is 452 g/mol. The zero-order valence-electron chi connectivity index (χ0n) is 22.4. The Hall–Kier alpha value is -1.73. The van der Waals surface area contributed by atoms with Gasteiger partial charge in [-0.25, -0.2) is 0 Å². The van der Waals surface area contributed by atoms with Crippen LogP contribution in [0.15, 0.2) is 49.1 Å². The summed E-state index contributed by atoms with van der Waals surface area (Å²) < 4.78 is 11.6. The molecule has 3 aliphatic heterocycles. The highest BCUT2D eigenvalue weighted by Gasteiger charge is 2.67. The molecule has 6 nitrogen and oxygen atoms in total. The summed E-state index contributed by atoms with van der Waals surface area (Å²) >= 11 is 0. The molecule has 1 unspecified atom stereocenters. The number of aliphatic hydroxyl groups is 1. The molecule has 3 bridgehead atoms. The largest absolute Gasteiger partial charge is 0.384 e. The van der Waals surface area contributed by atoms with Gasteiger partial charge >= 0.3 is 0 Å². The molecule has 0 radical (unpaired) electrons. The summed E-state index contributed by atoms with van der Waals surface area (Å²) in [6.07, 6.45) is 18.4. The normalized spacial score (nSPS) is 38.2. The van der Waals surface area contributed by atoms with E-state index in [-0.39, 0.29) is 29.3 Å². The van der Waals surface area contributed by atoms with Crippen LogP contribution < -0.4 is 0 Å². The summed E-state index contributed by atoms with van der Waals surface area (Å²) in [6.45, 7) is 11.0. The SMILES string of the molecule is C=CCC[C@]1(O)C=C(C(OC)OC)[C@@H]2CCN3CCCC/C=C\CCCC(=O)N4[C@@H]1[C@@]2(C[C@@H]4C=C)C3. The Labute approximate surface area is 217 Å². The predicted molar refractivity (Wildman–Crippen MR) is 143 cm³/mol. The number of hydrogen-bond donors (Lipinski definition) is 1. The summed E-state index contributed by atoms with van der Waals surface area (Å²) in [5.74, 6) is 0.301. The third kappa shape index (κ3) is 5.02. The number of hydrogen-bond acceptors (Lipinski definition) is 5. The number of carbonyl (C=O) groups excluding carboxylic acids is 1. The first-order valence-electron chi connectivity index (χ1n) is 13.9. The predicted octanol–water partition coefficient (Wildman–Crippen LogP) is 4.62. The summed E-state index contributed by atoms with van der Waals surface area (Å²) in [6, 6.07) is -0.410. The van der Waals surface area contributed by atoms with Gasteiger partial charge in [0.05, 0.1) is 12.1 Å². The Bertz CT molecular complexity index is 865. The fraction of sp³-hybridized carbons (Fsp3) is 0.700. The van der Waals surface area contributed by atoms with Crippen LogP contribution in [0.1, 0.15) is 64.2 Å². The number of ether oxygens (including phenoxy) is 2. The number of piperidine rings is 1. The number of rotatable bonds is 7. The molecule has 6 atom stereocenters. The second-order valence-electron chi connectivity index (χ2n) is 11.2. The van der Waals surface area contributed by atoms with Crippen LogP contribution >= 0.6 is 0 Å². The van der Waals surface area contributed by atoms with E-state index in [0.717, 1.165) is 63.7 Å². The number of nitrogens with zero attached hydrogens (tertiary/aromatic N) is 2. The molecule has 1 spiro atoms. The lowest BCUT2D eigenvalue weighted by Crippen LogP contribution is -2.67. The summed E-state index contributed by atoms with van der Waals surface area (Å²) in [7, 11) is 3.33. The van der Waals surface area contributed by atoms with Crippen LogP contribution in [0.25, 0.3) is 0 Å². The quantitative estimate of drug-likeness (QED) is 0.410. The van der Waals surface area contributed by atoms with E-state index in [0.29, 0.717) is 19.3 Å². The second kappa shape index (κ2) is 11.8. The van der Waals surface area contributed by atoms with E-state index in [1.807, 2.05) is 23.1 Å². The van der Waals surface area contributed by atoms with Crippen LogP contribution in [0.4, 0.5) is 0 Å². The zero-order chi connectivity index (χ0) is 25.8. The number of methoxy groups -OCH3 is 2. The Morgan fingerprint density at radius 3 is 2.61 bits per heavy atom. The molecule has 6 heteroatoms. The minimum absolute atomic E-state index is 0.0973. The van der Waals surface area contributed by atoms with Crippen molar-refractivity contribution in [3.63, 3.8) is 0 Å². The van der Waals surface area contributed by atoms with Gasteiger partial charge in [-0.1, -0.05) is 24.3 Å². The molecule has 3 heterocycles. The number of carbonyl (C=O) groups is 1. The average Bonchev–Trinajstić information content (AvgIpc) is 3.21. The lowest BCUT2D eigenvalue weighted by Gasteiger charge is -2.58. The minimum Gasteiger partial charge on any atom is -0.384 e. The van der Waals surface area contributed by atoms with E-state index in [9.17, 15) is 9.90 Å². The second-order valence-corrected chi connectivity index (χ2v) is 11.2. The molecule has 0 aromatic heterocycles. The molecule has 0 aromatic carbocycles. The van der Waals surface area contributed by atoms with Crippen molar-refractivity contribution in [3.05, 3.63) is 49.1 Å². The first-order valence-corrected chi connectivity index (χ1v) is 13.9. The third-order valence-corrected chi connectivity index (χ3v) is 9.04. The number of allylic oxidation sites excluding steroid dienone is 3. The topological polar surface area (TPSA) is 62.2 Å². The number of fused-ring (bicyclic) bond motifs is 1. The zero-order valence-corrected chi connectivity index (χ0v) is 22.4. The van der Waals surface area contributed by atoms with Crippen molar-refractivity contribution < 1.29 is 19.4 Å². The van der Waals surface area contributed by atoms with Gasteiger partial charge in [-0.05, 0) is 88.4 Å². The maximum atomic E-state index is 13.9. The van der Waals surface area contributed by atoms with Gasteiger partial charge in [0.25, 0.3) is 0 Å². The van der Waals surface area contributed by atoms with Crippen LogP contribution in [-0.4, -0.2) is 78.6 Å². The van der Waals surface area contributed by atoms with Gasteiger partial charge in [0.15, 0.2) is 6.29 Å². The molecule has 2 fully saturated rings. The molecule has 0 aromatic rings. The Kier molecular flexibility index (Phi) is 8.92. The lowest BCUT2D eigenvalue weighted by molar-refractivity contribution is -0.151. The minimum atomic E-state index is -1.19. The maximum Gasteiger partial charge on any atom is 0.223 e. The highest BCUT2D eigenvalue weighted by molar-refractivity contribution is 5.78. The lowest BCUT2D eigenvalue weighted by atomic mass is 9.55. The third-order valence-electron chi connectivity index (χ3n) is 9.04.